The van der Waals surface area contributed by atoms with E-state index in [1.54, 1.807) is 36.4 Å². The highest BCUT2D eigenvalue weighted by molar-refractivity contribution is 6.04. The first-order valence-electron chi connectivity index (χ1n) is 8.20. The highest BCUT2D eigenvalue weighted by Gasteiger charge is 2.12. The quantitative estimate of drug-likeness (QED) is 0.529. The molecule has 0 aliphatic heterocycles. The Balaban J connectivity index is 1.59. The minimum atomic E-state index is -0.640. The molecule has 6 heteroatoms. The molecule has 0 saturated heterocycles. The van der Waals surface area contributed by atoms with Crippen LogP contribution in [0.2, 0.25) is 0 Å². The predicted octanol–water partition coefficient (Wildman–Crippen LogP) is 4.02. The molecule has 0 aliphatic rings. The molecule has 0 bridgehead atoms. The van der Waals surface area contributed by atoms with Gasteiger partial charge in [0.05, 0.1) is 5.56 Å². The Labute approximate surface area is 155 Å². The maximum Gasteiger partial charge on any atom is 0.340 e. The molecule has 27 heavy (non-hydrogen) atoms. The van der Waals surface area contributed by atoms with E-state index in [0.29, 0.717) is 16.8 Å². The van der Waals surface area contributed by atoms with Crippen LogP contribution in [-0.2, 0) is 11.3 Å². The van der Waals surface area contributed by atoms with Crippen LogP contribution < -0.4 is 11.1 Å². The van der Waals surface area contributed by atoms with Gasteiger partial charge in [-0.05, 0) is 48.0 Å². The number of nitrogen functional groups attached to an aromatic ring is 1. The van der Waals surface area contributed by atoms with E-state index < -0.39 is 11.8 Å². The summed E-state index contributed by atoms with van der Waals surface area (Å²) in [5.74, 6) is -1.39. The fourth-order valence-corrected chi connectivity index (χ4v) is 2.42. The highest BCUT2D eigenvalue weighted by atomic mass is 19.1. The van der Waals surface area contributed by atoms with E-state index in [1.165, 1.54) is 6.07 Å². The summed E-state index contributed by atoms with van der Waals surface area (Å²) in [5.41, 5.74) is 7.65. The lowest BCUT2D eigenvalue weighted by Crippen LogP contribution is -2.12. The third-order valence-corrected chi connectivity index (χ3v) is 3.85. The summed E-state index contributed by atoms with van der Waals surface area (Å²) in [6, 6.07) is 19.3. The molecule has 1 amide bonds. The number of hydrogen-bond acceptors (Lipinski definition) is 4. The molecule has 3 rings (SSSR count). The summed E-state index contributed by atoms with van der Waals surface area (Å²) in [4.78, 5) is 24.2. The first-order valence-corrected chi connectivity index (χ1v) is 8.20. The summed E-state index contributed by atoms with van der Waals surface area (Å²) in [5, 5.41) is 2.79. The summed E-state index contributed by atoms with van der Waals surface area (Å²) in [6.45, 7) is 0.0102. The Bertz CT molecular complexity index is 957. The number of nitrogens with two attached hydrogens (primary N) is 1. The minimum Gasteiger partial charge on any atom is -0.457 e. The molecule has 0 saturated carbocycles. The molecule has 5 nitrogen and oxygen atoms in total. The zero-order valence-electron chi connectivity index (χ0n) is 14.3. The largest absolute Gasteiger partial charge is 0.457 e. The molecule has 0 atom stereocenters. The molecular weight excluding hydrogens is 347 g/mol. The monoisotopic (exact) mass is 364 g/mol. The lowest BCUT2D eigenvalue weighted by Gasteiger charge is -2.08. The number of nitrogens with one attached hydrogen (secondary N) is 1. The SMILES string of the molecule is Nc1cc(F)ccc1C(=O)OCc1ccc(C(=O)Nc2ccccc2)cc1. The van der Waals surface area contributed by atoms with E-state index in [-0.39, 0.29) is 23.8 Å². The second-order valence-electron chi connectivity index (χ2n) is 5.82. The average molecular weight is 364 g/mol. The number of amides is 1. The van der Waals surface area contributed by atoms with Crippen molar-refractivity contribution in [3.05, 3.63) is 95.3 Å². The van der Waals surface area contributed by atoms with Crippen molar-refractivity contribution in [3.8, 4) is 0 Å². The van der Waals surface area contributed by atoms with Crippen LogP contribution >= 0.6 is 0 Å². The van der Waals surface area contributed by atoms with E-state index in [1.807, 2.05) is 18.2 Å². The zero-order chi connectivity index (χ0) is 19.2. The molecule has 0 heterocycles. The molecule has 0 spiro atoms. The Morgan fingerprint density at radius 2 is 1.67 bits per heavy atom. The van der Waals surface area contributed by atoms with Crippen molar-refractivity contribution in [1.82, 2.24) is 0 Å². The number of hydrogen-bond donors (Lipinski definition) is 2. The van der Waals surface area contributed by atoms with Gasteiger partial charge in [-0.15, -0.1) is 0 Å². The van der Waals surface area contributed by atoms with Crippen LogP contribution in [0.15, 0.2) is 72.8 Å². The lowest BCUT2D eigenvalue weighted by atomic mass is 10.1. The number of carbonyl (C=O) groups excluding carboxylic acids is 2. The lowest BCUT2D eigenvalue weighted by molar-refractivity contribution is 0.0473. The van der Waals surface area contributed by atoms with Crippen LogP contribution in [0.5, 0.6) is 0 Å². The standard InChI is InChI=1S/C21H17FN2O3/c22-16-10-11-18(19(23)12-16)21(26)27-13-14-6-8-15(9-7-14)20(25)24-17-4-2-1-3-5-17/h1-12H,13,23H2,(H,24,25). The van der Waals surface area contributed by atoms with Crippen molar-refractivity contribution >= 4 is 23.3 Å². The van der Waals surface area contributed by atoms with Crippen molar-refractivity contribution < 1.29 is 18.7 Å². The third kappa shape index (κ3) is 4.70. The van der Waals surface area contributed by atoms with Gasteiger partial charge in [0.15, 0.2) is 0 Å². The van der Waals surface area contributed by atoms with Crippen molar-refractivity contribution in [2.24, 2.45) is 0 Å². The molecule has 3 aromatic carbocycles. The van der Waals surface area contributed by atoms with Crippen molar-refractivity contribution in [1.29, 1.82) is 0 Å². The number of para-hydroxylation sites is 1. The molecule has 3 N–H and O–H groups in total. The maximum absolute atomic E-state index is 13.0. The van der Waals surface area contributed by atoms with Gasteiger partial charge in [0.2, 0.25) is 0 Å². The van der Waals surface area contributed by atoms with Gasteiger partial charge < -0.3 is 15.8 Å². The van der Waals surface area contributed by atoms with Crippen molar-refractivity contribution in [2.75, 3.05) is 11.1 Å². The van der Waals surface area contributed by atoms with Crippen LogP contribution in [-0.4, -0.2) is 11.9 Å². The fraction of sp³-hybridized carbons (Fsp3) is 0.0476. The number of esters is 1. The Kier molecular flexibility index (Phi) is 5.47. The van der Waals surface area contributed by atoms with E-state index in [0.717, 1.165) is 12.1 Å². The number of benzene rings is 3. The molecule has 0 aromatic heterocycles. The molecule has 3 aromatic rings. The first kappa shape index (κ1) is 18.1. The van der Waals surface area contributed by atoms with E-state index >= 15 is 0 Å². The topological polar surface area (TPSA) is 81.4 Å². The molecule has 0 fully saturated rings. The minimum absolute atomic E-state index is 0.0102. The summed E-state index contributed by atoms with van der Waals surface area (Å²) >= 11 is 0. The third-order valence-electron chi connectivity index (χ3n) is 3.85. The van der Waals surface area contributed by atoms with Crippen LogP contribution in [0.25, 0.3) is 0 Å². The Hall–Kier alpha value is -3.67. The molecular formula is C21H17FN2O3. The molecule has 0 unspecified atom stereocenters. The van der Waals surface area contributed by atoms with Gasteiger partial charge in [-0.25, -0.2) is 9.18 Å². The summed E-state index contributed by atoms with van der Waals surface area (Å²) < 4.78 is 18.2. The van der Waals surface area contributed by atoms with Crippen molar-refractivity contribution in [3.63, 3.8) is 0 Å². The number of rotatable bonds is 5. The van der Waals surface area contributed by atoms with Crippen LogP contribution in [0.1, 0.15) is 26.3 Å². The van der Waals surface area contributed by atoms with Gasteiger partial charge in [0.25, 0.3) is 5.91 Å². The summed E-state index contributed by atoms with van der Waals surface area (Å²) in [7, 11) is 0. The van der Waals surface area contributed by atoms with Crippen molar-refractivity contribution in [2.45, 2.75) is 6.61 Å². The molecule has 136 valence electrons. The average Bonchev–Trinajstić information content (AvgIpc) is 2.67. The normalized spacial score (nSPS) is 10.3. The fourth-order valence-electron chi connectivity index (χ4n) is 2.42. The van der Waals surface area contributed by atoms with Crippen LogP contribution in [0, 0.1) is 5.82 Å². The second kappa shape index (κ2) is 8.14. The van der Waals surface area contributed by atoms with Gasteiger partial charge in [-0.1, -0.05) is 30.3 Å². The van der Waals surface area contributed by atoms with Crippen LogP contribution in [0.4, 0.5) is 15.8 Å². The van der Waals surface area contributed by atoms with Gasteiger partial charge in [-0.2, -0.15) is 0 Å². The molecule has 0 aliphatic carbocycles. The van der Waals surface area contributed by atoms with Gasteiger partial charge in [-0.3, -0.25) is 4.79 Å². The number of ether oxygens (including phenoxy) is 1. The van der Waals surface area contributed by atoms with E-state index in [2.05, 4.69) is 5.32 Å². The zero-order valence-corrected chi connectivity index (χ0v) is 14.3. The second-order valence-corrected chi connectivity index (χ2v) is 5.82. The summed E-state index contributed by atoms with van der Waals surface area (Å²) in [6.07, 6.45) is 0. The number of anilines is 2. The van der Waals surface area contributed by atoms with Gasteiger partial charge >= 0.3 is 5.97 Å². The van der Waals surface area contributed by atoms with Gasteiger partial charge in [0.1, 0.15) is 12.4 Å². The Morgan fingerprint density at radius 1 is 0.963 bits per heavy atom. The predicted molar refractivity (Wildman–Crippen MR) is 101 cm³/mol. The maximum atomic E-state index is 13.0. The van der Waals surface area contributed by atoms with E-state index in [9.17, 15) is 14.0 Å². The first-order chi connectivity index (χ1) is 13.0. The Morgan fingerprint density at radius 3 is 2.33 bits per heavy atom. The molecule has 0 radical (unpaired) electrons. The van der Waals surface area contributed by atoms with Crippen LogP contribution in [0.3, 0.4) is 0 Å². The van der Waals surface area contributed by atoms with Gasteiger partial charge in [0, 0.05) is 16.9 Å². The number of carbonyl (C=O) groups is 2. The highest BCUT2D eigenvalue weighted by Crippen LogP contribution is 2.16. The number of halogens is 1. The smallest absolute Gasteiger partial charge is 0.340 e. The van der Waals surface area contributed by atoms with E-state index in [4.69, 9.17) is 10.5 Å².